The zero-order chi connectivity index (χ0) is 13.1. The minimum Gasteiger partial charge on any atom is -0.508 e. The zero-order valence-electron chi connectivity index (χ0n) is 10.7. The molecule has 2 heteroatoms. The predicted molar refractivity (Wildman–Crippen MR) is 72.9 cm³/mol. The van der Waals surface area contributed by atoms with Gasteiger partial charge in [0.1, 0.15) is 11.5 Å². The van der Waals surface area contributed by atoms with Crippen LogP contribution in [-0.2, 0) is 0 Å². The highest BCUT2D eigenvalue weighted by Crippen LogP contribution is 2.39. The smallest absolute Gasteiger partial charge is 0.119 e. The lowest BCUT2D eigenvalue weighted by atomic mass is 9.82. The molecule has 0 bridgehead atoms. The monoisotopic (exact) mass is 242 g/mol. The van der Waals surface area contributed by atoms with Gasteiger partial charge < -0.3 is 10.2 Å². The average molecular weight is 242 g/mol. The molecule has 2 nitrogen and oxygen atoms in total. The lowest BCUT2D eigenvalue weighted by Gasteiger charge is -2.23. The highest BCUT2D eigenvalue weighted by atomic mass is 16.3. The fourth-order valence-corrected chi connectivity index (χ4v) is 2.39. The van der Waals surface area contributed by atoms with Crippen molar-refractivity contribution in [1.29, 1.82) is 0 Å². The van der Waals surface area contributed by atoms with Gasteiger partial charge >= 0.3 is 0 Å². The van der Waals surface area contributed by atoms with Gasteiger partial charge in [0.2, 0.25) is 0 Å². The quantitative estimate of drug-likeness (QED) is 0.857. The Bertz CT molecular complexity index is 487. The molecule has 0 radical (unpaired) electrons. The second-order valence-electron chi connectivity index (χ2n) is 4.84. The number of hydrogen-bond acceptors (Lipinski definition) is 2. The third-order valence-corrected chi connectivity index (χ3v) is 3.21. The molecule has 2 aromatic carbocycles. The van der Waals surface area contributed by atoms with Gasteiger partial charge in [-0.25, -0.2) is 0 Å². The number of phenols is 2. The first-order valence-corrected chi connectivity index (χ1v) is 6.17. The zero-order valence-corrected chi connectivity index (χ0v) is 10.7. The van der Waals surface area contributed by atoms with Crippen LogP contribution in [0.3, 0.4) is 0 Å². The van der Waals surface area contributed by atoms with Crippen molar-refractivity contribution < 1.29 is 10.2 Å². The van der Waals surface area contributed by atoms with Crippen LogP contribution >= 0.6 is 0 Å². The van der Waals surface area contributed by atoms with Crippen LogP contribution in [0.25, 0.3) is 0 Å². The van der Waals surface area contributed by atoms with Gasteiger partial charge in [0.25, 0.3) is 0 Å². The van der Waals surface area contributed by atoms with Gasteiger partial charge in [0.05, 0.1) is 0 Å². The van der Waals surface area contributed by atoms with E-state index < -0.39 is 0 Å². The van der Waals surface area contributed by atoms with Crippen LogP contribution in [0.4, 0.5) is 0 Å². The van der Waals surface area contributed by atoms with E-state index in [0.29, 0.717) is 0 Å². The van der Waals surface area contributed by atoms with E-state index in [1.807, 2.05) is 24.3 Å². The summed E-state index contributed by atoms with van der Waals surface area (Å²) >= 11 is 0. The molecule has 0 unspecified atom stereocenters. The Morgan fingerprint density at radius 2 is 1.11 bits per heavy atom. The molecule has 0 saturated heterocycles. The van der Waals surface area contributed by atoms with Gasteiger partial charge in [-0.3, -0.25) is 0 Å². The highest BCUT2D eigenvalue weighted by Gasteiger charge is 2.23. The van der Waals surface area contributed by atoms with Crippen LogP contribution in [0, 0.1) is 5.92 Å². The molecule has 0 spiro atoms. The molecule has 2 N–H and O–H groups in total. The van der Waals surface area contributed by atoms with E-state index in [2.05, 4.69) is 13.8 Å². The third kappa shape index (κ3) is 2.33. The molecule has 0 amide bonds. The number of benzene rings is 2. The maximum Gasteiger partial charge on any atom is 0.119 e. The fraction of sp³-hybridized carbons (Fsp3) is 0.250. The number of rotatable bonds is 3. The lowest BCUT2D eigenvalue weighted by molar-refractivity contribution is 0.435. The Kier molecular flexibility index (Phi) is 3.56. The molecule has 0 atom stereocenters. The van der Waals surface area contributed by atoms with Crippen molar-refractivity contribution in [1.82, 2.24) is 0 Å². The van der Waals surface area contributed by atoms with Crippen molar-refractivity contribution in [2.24, 2.45) is 5.92 Å². The Hall–Kier alpha value is -1.96. The molecule has 0 aliphatic heterocycles. The Morgan fingerprint density at radius 1 is 0.722 bits per heavy atom. The van der Waals surface area contributed by atoms with Crippen LogP contribution in [0.1, 0.15) is 30.9 Å². The normalized spacial score (nSPS) is 11.1. The summed E-state index contributed by atoms with van der Waals surface area (Å²) in [5.74, 6) is 0.831. The Balaban J connectivity index is 2.55. The van der Waals surface area contributed by atoms with Gasteiger partial charge in [-0.15, -0.1) is 0 Å². The molecule has 0 aliphatic rings. The van der Waals surface area contributed by atoms with Crippen molar-refractivity contribution in [3.63, 3.8) is 0 Å². The third-order valence-electron chi connectivity index (χ3n) is 3.21. The van der Waals surface area contributed by atoms with Gasteiger partial charge in [-0.05, 0) is 18.1 Å². The number of para-hydroxylation sites is 2. The summed E-state index contributed by atoms with van der Waals surface area (Å²) in [6.07, 6.45) is 0. The van der Waals surface area contributed by atoms with Gasteiger partial charge in [-0.1, -0.05) is 50.2 Å². The van der Waals surface area contributed by atoms with E-state index in [9.17, 15) is 10.2 Å². The number of aromatic hydroxyl groups is 2. The van der Waals surface area contributed by atoms with Gasteiger partial charge in [0, 0.05) is 17.0 Å². The summed E-state index contributed by atoms with van der Waals surface area (Å²) in [6.45, 7) is 4.17. The maximum absolute atomic E-state index is 10.0. The van der Waals surface area contributed by atoms with Crippen molar-refractivity contribution in [2.45, 2.75) is 19.8 Å². The molecule has 2 rings (SSSR count). The van der Waals surface area contributed by atoms with E-state index >= 15 is 0 Å². The molecule has 0 aromatic heterocycles. The van der Waals surface area contributed by atoms with E-state index in [1.165, 1.54) is 0 Å². The van der Waals surface area contributed by atoms with Crippen LogP contribution in [-0.4, -0.2) is 10.2 Å². The summed E-state index contributed by atoms with van der Waals surface area (Å²) in [5.41, 5.74) is 1.71. The maximum atomic E-state index is 10.0. The van der Waals surface area contributed by atoms with E-state index in [1.54, 1.807) is 24.3 Å². The summed E-state index contributed by atoms with van der Waals surface area (Å²) in [6, 6.07) is 14.6. The molecular weight excluding hydrogens is 224 g/mol. The van der Waals surface area contributed by atoms with Crippen LogP contribution < -0.4 is 0 Å². The fourth-order valence-electron chi connectivity index (χ4n) is 2.39. The minimum atomic E-state index is -0.00704. The first kappa shape index (κ1) is 12.5. The average Bonchev–Trinajstić information content (AvgIpc) is 2.34. The van der Waals surface area contributed by atoms with E-state index in [4.69, 9.17) is 0 Å². The summed E-state index contributed by atoms with van der Waals surface area (Å²) in [7, 11) is 0. The predicted octanol–water partition coefficient (Wildman–Crippen LogP) is 3.89. The standard InChI is InChI=1S/C16H18O2/c1-11(2)16(12-7-3-5-9-14(12)17)13-8-4-6-10-15(13)18/h3-11,16-18H,1-2H3. The minimum absolute atomic E-state index is 0.00704. The molecule has 2 aromatic rings. The molecule has 18 heavy (non-hydrogen) atoms. The van der Waals surface area contributed by atoms with Crippen molar-refractivity contribution in [2.75, 3.05) is 0 Å². The Labute approximate surface area is 108 Å². The van der Waals surface area contributed by atoms with E-state index in [-0.39, 0.29) is 23.3 Å². The molecular formula is C16H18O2. The van der Waals surface area contributed by atoms with Crippen molar-refractivity contribution >= 4 is 0 Å². The second-order valence-corrected chi connectivity index (χ2v) is 4.84. The van der Waals surface area contributed by atoms with Crippen LogP contribution in [0.5, 0.6) is 11.5 Å². The highest BCUT2D eigenvalue weighted by molar-refractivity contribution is 5.46. The van der Waals surface area contributed by atoms with Crippen LogP contribution in [0.15, 0.2) is 48.5 Å². The van der Waals surface area contributed by atoms with Gasteiger partial charge in [0.15, 0.2) is 0 Å². The SMILES string of the molecule is CC(C)C(c1ccccc1O)c1ccccc1O. The number of phenolic OH excluding ortho intramolecular Hbond substituents is 2. The topological polar surface area (TPSA) is 40.5 Å². The first-order valence-electron chi connectivity index (χ1n) is 6.17. The summed E-state index contributed by atoms with van der Waals surface area (Å²) in [4.78, 5) is 0. The second kappa shape index (κ2) is 5.13. The number of hydrogen-bond donors (Lipinski definition) is 2. The molecule has 94 valence electrons. The Morgan fingerprint density at radius 3 is 1.44 bits per heavy atom. The largest absolute Gasteiger partial charge is 0.508 e. The first-order chi connectivity index (χ1) is 8.61. The molecule has 0 heterocycles. The van der Waals surface area contributed by atoms with Gasteiger partial charge in [-0.2, -0.15) is 0 Å². The summed E-state index contributed by atoms with van der Waals surface area (Å²) < 4.78 is 0. The summed E-state index contributed by atoms with van der Waals surface area (Å²) in [5, 5.41) is 20.0. The molecule has 0 saturated carbocycles. The van der Waals surface area contributed by atoms with E-state index in [0.717, 1.165) is 11.1 Å². The molecule has 0 aliphatic carbocycles. The lowest BCUT2D eigenvalue weighted by Crippen LogP contribution is -2.09. The van der Waals surface area contributed by atoms with Crippen LogP contribution in [0.2, 0.25) is 0 Å². The van der Waals surface area contributed by atoms with Crippen molar-refractivity contribution in [3.8, 4) is 11.5 Å². The van der Waals surface area contributed by atoms with Crippen molar-refractivity contribution in [3.05, 3.63) is 59.7 Å². The molecule has 0 fully saturated rings.